The van der Waals surface area contributed by atoms with Crippen LogP contribution in [0.15, 0.2) is 71.6 Å². The van der Waals surface area contributed by atoms with Crippen LogP contribution in [-0.2, 0) is 0 Å². The summed E-state index contributed by atoms with van der Waals surface area (Å²) < 4.78 is 18.8. The minimum atomic E-state index is -0.291. The van der Waals surface area contributed by atoms with Crippen LogP contribution in [-0.4, -0.2) is 31.8 Å². The van der Waals surface area contributed by atoms with Crippen molar-refractivity contribution in [1.29, 1.82) is 0 Å². The molecule has 1 N–H and O–H groups in total. The van der Waals surface area contributed by atoms with Crippen LogP contribution >= 0.6 is 0 Å². The molecule has 0 fully saturated rings. The molecule has 1 atom stereocenters. The van der Waals surface area contributed by atoms with Gasteiger partial charge in [-0.1, -0.05) is 24.3 Å². The Labute approximate surface area is 176 Å². The number of aromatic nitrogens is 4. The second-order valence-electron chi connectivity index (χ2n) is 7.14. The smallest absolute Gasteiger partial charge is 0.228 e. The van der Waals surface area contributed by atoms with Gasteiger partial charge < -0.3 is 19.0 Å². The summed E-state index contributed by atoms with van der Waals surface area (Å²) in [6.07, 6.45) is 3.14. The Hall–Kier alpha value is -4.33. The number of nitrogens with zero attached hydrogens (tertiary/aromatic N) is 4. The van der Waals surface area contributed by atoms with Gasteiger partial charge in [0.1, 0.15) is 23.6 Å². The third kappa shape index (κ3) is 2.65. The molecule has 1 aliphatic rings. The van der Waals surface area contributed by atoms with E-state index in [1.54, 1.807) is 48.5 Å². The SMILES string of the molecule is COc1ccccc1C1c2ccc(O)cc2Oc2ncn3nc(-c4ccco4)nc3c21. The maximum Gasteiger partial charge on any atom is 0.228 e. The molecule has 5 aromatic rings. The van der Waals surface area contributed by atoms with E-state index in [0.717, 1.165) is 22.4 Å². The molecule has 0 bridgehead atoms. The van der Waals surface area contributed by atoms with Gasteiger partial charge in [0.15, 0.2) is 11.4 Å². The van der Waals surface area contributed by atoms with E-state index in [9.17, 15) is 5.11 Å². The minimum absolute atomic E-state index is 0.115. The van der Waals surface area contributed by atoms with Crippen molar-refractivity contribution in [3.63, 3.8) is 0 Å². The Bertz CT molecular complexity index is 1430. The second kappa shape index (κ2) is 6.60. The molecule has 1 unspecified atom stereocenters. The molecule has 0 spiro atoms. The fourth-order valence-electron chi connectivity index (χ4n) is 4.04. The summed E-state index contributed by atoms with van der Waals surface area (Å²) in [4.78, 5) is 9.23. The van der Waals surface area contributed by atoms with E-state index in [0.29, 0.717) is 28.9 Å². The van der Waals surface area contributed by atoms with Crippen molar-refractivity contribution < 1.29 is 19.0 Å². The Morgan fingerprint density at radius 2 is 1.97 bits per heavy atom. The molecule has 8 nitrogen and oxygen atoms in total. The lowest BCUT2D eigenvalue weighted by Gasteiger charge is -2.28. The first-order valence-corrected chi connectivity index (χ1v) is 9.66. The molecule has 0 amide bonds. The molecule has 0 radical (unpaired) electrons. The summed E-state index contributed by atoms with van der Waals surface area (Å²) in [7, 11) is 1.64. The molecule has 1 aliphatic heterocycles. The summed E-state index contributed by atoms with van der Waals surface area (Å²) in [5.74, 6) is 2.51. The van der Waals surface area contributed by atoms with Crippen molar-refractivity contribution in [2.24, 2.45) is 0 Å². The fraction of sp³-hybridized carbons (Fsp3) is 0.0870. The standard InChI is InChI=1S/C23H16N4O4/c1-29-16-6-3-2-5-14(16)19-15-9-8-13(28)11-18(15)31-23-20(19)22-25-21(17-7-4-10-30-17)26-27(22)12-24-23/h2-12,19,28H,1H3. The predicted octanol–water partition coefficient (Wildman–Crippen LogP) is 4.38. The van der Waals surface area contributed by atoms with Gasteiger partial charge >= 0.3 is 0 Å². The Morgan fingerprint density at radius 1 is 1.06 bits per heavy atom. The number of ether oxygens (including phenoxy) is 2. The summed E-state index contributed by atoms with van der Waals surface area (Å²) in [6.45, 7) is 0. The number of methoxy groups -OCH3 is 1. The van der Waals surface area contributed by atoms with E-state index >= 15 is 0 Å². The van der Waals surface area contributed by atoms with Gasteiger partial charge in [0.2, 0.25) is 11.7 Å². The number of benzene rings is 2. The maximum absolute atomic E-state index is 10.0. The van der Waals surface area contributed by atoms with Crippen LogP contribution in [0.5, 0.6) is 23.1 Å². The third-order valence-electron chi connectivity index (χ3n) is 5.38. The van der Waals surface area contributed by atoms with Crippen LogP contribution in [0.25, 0.3) is 17.2 Å². The lowest BCUT2D eigenvalue weighted by atomic mass is 9.83. The molecule has 3 aromatic heterocycles. The zero-order chi connectivity index (χ0) is 20.9. The highest BCUT2D eigenvalue weighted by Crippen LogP contribution is 2.50. The van der Waals surface area contributed by atoms with Crippen molar-refractivity contribution in [3.05, 3.63) is 83.9 Å². The lowest BCUT2D eigenvalue weighted by Crippen LogP contribution is -2.15. The van der Waals surface area contributed by atoms with Crippen LogP contribution in [0.2, 0.25) is 0 Å². The molecule has 8 heteroatoms. The van der Waals surface area contributed by atoms with E-state index in [-0.39, 0.29) is 11.7 Å². The topological polar surface area (TPSA) is 94.9 Å². The molecule has 31 heavy (non-hydrogen) atoms. The molecule has 6 rings (SSSR count). The normalized spacial score (nSPS) is 14.7. The molecular formula is C23H16N4O4. The van der Waals surface area contributed by atoms with Crippen molar-refractivity contribution in [3.8, 4) is 34.7 Å². The van der Waals surface area contributed by atoms with Crippen LogP contribution in [0.1, 0.15) is 22.6 Å². The molecule has 0 saturated heterocycles. The summed E-state index contributed by atoms with van der Waals surface area (Å²) in [5, 5.41) is 14.5. The quantitative estimate of drug-likeness (QED) is 0.461. The molecule has 0 saturated carbocycles. The molecule has 2 aromatic carbocycles. The van der Waals surface area contributed by atoms with Crippen LogP contribution in [0, 0.1) is 0 Å². The molecule has 4 heterocycles. The number of hydrogen-bond acceptors (Lipinski definition) is 7. The first-order valence-electron chi connectivity index (χ1n) is 9.66. The van der Waals surface area contributed by atoms with E-state index < -0.39 is 0 Å². The minimum Gasteiger partial charge on any atom is -0.508 e. The number of furan rings is 1. The zero-order valence-electron chi connectivity index (χ0n) is 16.4. The van der Waals surface area contributed by atoms with Crippen molar-refractivity contribution in [2.75, 3.05) is 7.11 Å². The van der Waals surface area contributed by atoms with E-state index in [2.05, 4.69) is 10.1 Å². The van der Waals surface area contributed by atoms with E-state index in [4.69, 9.17) is 18.9 Å². The first kappa shape index (κ1) is 17.5. The van der Waals surface area contributed by atoms with Gasteiger partial charge in [-0.3, -0.25) is 0 Å². The van der Waals surface area contributed by atoms with Crippen LogP contribution < -0.4 is 9.47 Å². The fourth-order valence-corrected chi connectivity index (χ4v) is 4.04. The van der Waals surface area contributed by atoms with Gasteiger partial charge in [-0.2, -0.15) is 0 Å². The van der Waals surface area contributed by atoms with Crippen LogP contribution in [0.4, 0.5) is 0 Å². The highest BCUT2D eigenvalue weighted by molar-refractivity contribution is 5.69. The first-order chi connectivity index (χ1) is 15.2. The Kier molecular flexibility index (Phi) is 3.73. The number of hydrogen-bond donors (Lipinski definition) is 1. The Balaban J connectivity index is 1.66. The van der Waals surface area contributed by atoms with Crippen molar-refractivity contribution in [1.82, 2.24) is 19.6 Å². The number of fused-ring (bicyclic) bond motifs is 4. The van der Waals surface area contributed by atoms with E-state index in [1.165, 1.54) is 0 Å². The van der Waals surface area contributed by atoms with Crippen molar-refractivity contribution in [2.45, 2.75) is 5.92 Å². The van der Waals surface area contributed by atoms with Gasteiger partial charge in [-0.15, -0.1) is 5.10 Å². The predicted molar refractivity (Wildman–Crippen MR) is 111 cm³/mol. The van der Waals surface area contributed by atoms with Gasteiger partial charge in [0.05, 0.1) is 24.9 Å². The number of rotatable bonds is 3. The van der Waals surface area contributed by atoms with Gasteiger partial charge in [0, 0.05) is 17.2 Å². The average molecular weight is 412 g/mol. The van der Waals surface area contributed by atoms with Crippen LogP contribution in [0.3, 0.4) is 0 Å². The van der Waals surface area contributed by atoms with E-state index in [1.807, 2.05) is 30.3 Å². The third-order valence-corrected chi connectivity index (χ3v) is 5.38. The van der Waals surface area contributed by atoms with Gasteiger partial charge in [-0.25, -0.2) is 14.5 Å². The highest BCUT2D eigenvalue weighted by Gasteiger charge is 2.35. The summed E-state index contributed by atoms with van der Waals surface area (Å²) in [5.41, 5.74) is 3.16. The summed E-state index contributed by atoms with van der Waals surface area (Å²) >= 11 is 0. The van der Waals surface area contributed by atoms with Gasteiger partial charge in [0.25, 0.3) is 0 Å². The molecule has 0 aliphatic carbocycles. The second-order valence-corrected chi connectivity index (χ2v) is 7.14. The monoisotopic (exact) mass is 412 g/mol. The molecular weight excluding hydrogens is 396 g/mol. The molecule has 152 valence electrons. The Morgan fingerprint density at radius 3 is 2.81 bits per heavy atom. The number of para-hydroxylation sites is 1. The van der Waals surface area contributed by atoms with Crippen molar-refractivity contribution >= 4 is 5.65 Å². The number of phenols is 1. The summed E-state index contributed by atoms with van der Waals surface area (Å²) in [6, 6.07) is 16.5. The number of phenolic OH excluding ortho intramolecular Hbond substituents is 1. The average Bonchev–Trinajstić information content (AvgIpc) is 3.47. The largest absolute Gasteiger partial charge is 0.508 e. The highest BCUT2D eigenvalue weighted by atomic mass is 16.5. The zero-order valence-corrected chi connectivity index (χ0v) is 16.4. The maximum atomic E-state index is 10.0. The lowest BCUT2D eigenvalue weighted by molar-refractivity contribution is 0.401. The number of aromatic hydroxyl groups is 1. The van der Waals surface area contributed by atoms with Gasteiger partial charge in [-0.05, 0) is 24.3 Å².